The van der Waals surface area contributed by atoms with Crippen molar-refractivity contribution in [2.45, 2.75) is 38.3 Å². The molecule has 2 fully saturated rings. The number of carboxylic acids is 1. The monoisotopic (exact) mass is 281 g/mol. The number of rotatable bonds is 4. The van der Waals surface area contributed by atoms with E-state index in [2.05, 4.69) is 14.8 Å². The van der Waals surface area contributed by atoms with Gasteiger partial charge in [-0.15, -0.1) is 11.3 Å². The maximum atomic E-state index is 11.2. The molecule has 1 N–H and O–H groups in total. The lowest BCUT2D eigenvalue weighted by atomic mass is 10.2. The Kier molecular flexibility index (Phi) is 3.70. The zero-order chi connectivity index (χ0) is 13.2. The average molecular weight is 281 g/mol. The van der Waals surface area contributed by atoms with Gasteiger partial charge in [-0.2, -0.15) is 0 Å². The summed E-state index contributed by atoms with van der Waals surface area (Å²) in [5.74, 6) is -0.693. The molecule has 0 aliphatic carbocycles. The van der Waals surface area contributed by atoms with Crippen LogP contribution < -0.4 is 4.90 Å². The van der Waals surface area contributed by atoms with Crippen LogP contribution in [0.2, 0.25) is 0 Å². The number of hydrogen-bond donors (Lipinski definition) is 1. The Bertz CT molecular complexity index is 456. The third-order valence-electron chi connectivity index (χ3n) is 3.93. The van der Waals surface area contributed by atoms with E-state index in [0.29, 0.717) is 0 Å². The van der Waals surface area contributed by atoms with Crippen LogP contribution in [-0.2, 0) is 11.3 Å². The Labute approximate surface area is 116 Å². The molecule has 19 heavy (non-hydrogen) atoms. The minimum absolute atomic E-state index is 0.308. The van der Waals surface area contributed by atoms with Crippen molar-refractivity contribution in [2.75, 3.05) is 24.5 Å². The predicted octanol–water partition coefficient (Wildman–Crippen LogP) is 1.79. The van der Waals surface area contributed by atoms with E-state index in [1.807, 2.05) is 6.20 Å². The van der Waals surface area contributed by atoms with Crippen LogP contribution in [0.25, 0.3) is 0 Å². The molecule has 3 rings (SSSR count). The lowest BCUT2D eigenvalue weighted by molar-refractivity contribution is -0.142. The number of anilines is 1. The van der Waals surface area contributed by atoms with Gasteiger partial charge in [-0.1, -0.05) is 0 Å². The first-order chi connectivity index (χ1) is 9.24. The molecule has 0 unspecified atom stereocenters. The highest BCUT2D eigenvalue weighted by Crippen LogP contribution is 2.28. The van der Waals surface area contributed by atoms with Gasteiger partial charge in [-0.3, -0.25) is 9.69 Å². The number of aromatic nitrogens is 1. The highest BCUT2D eigenvalue weighted by molar-refractivity contribution is 7.15. The lowest BCUT2D eigenvalue weighted by Crippen LogP contribution is -2.35. The van der Waals surface area contributed by atoms with Gasteiger partial charge in [-0.05, 0) is 32.2 Å². The summed E-state index contributed by atoms with van der Waals surface area (Å²) in [6.45, 7) is 3.82. The molecule has 1 aromatic rings. The smallest absolute Gasteiger partial charge is 0.320 e. The molecule has 2 saturated heterocycles. The van der Waals surface area contributed by atoms with Gasteiger partial charge >= 0.3 is 5.97 Å². The fraction of sp³-hybridized carbons (Fsp3) is 0.692. The molecule has 5 nitrogen and oxygen atoms in total. The third-order valence-corrected chi connectivity index (χ3v) is 4.97. The summed E-state index contributed by atoms with van der Waals surface area (Å²) < 4.78 is 0. The fourth-order valence-corrected chi connectivity index (χ4v) is 3.91. The number of carboxylic acid groups (broad SMARTS) is 1. The molecule has 1 aromatic heterocycles. The Morgan fingerprint density at radius 2 is 2.16 bits per heavy atom. The first-order valence-corrected chi connectivity index (χ1v) is 7.72. The first kappa shape index (κ1) is 12.9. The van der Waals surface area contributed by atoms with Crippen LogP contribution >= 0.6 is 11.3 Å². The number of aliphatic carboxylic acids is 1. The van der Waals surface area contributed by atoms with E-state index < -0.39 is 5.97 Å². The molecular weight excluding hydrogens is 262 g/mol. The summed E-state index contributed by atoms with van der Waals surface area (Å²) in [4.78, 5) is 21.2. The molecule has 0 bridgehead atoms. The van der Waals surface area contributed by atoms with Gasteiger partial charge in [0.2, 0.25) is 0 Å². The van der Waals surface area contributed by atoms with Crippen molar-refractivity contribution < 1.29 is 9.90 Å². The summed E-state index contributed by atoms with van der Waals surface area (Å²) in [5, 5.41) is 10.3. The summed E-state index contributed by atoms with van der Waals surface area (Å²) in [6.07, 6.45) is 6.17. The molecule has 1 atom stereocenters. The maximum Gasteiger partial charge on any atom is 0.320 e. The number of thiazole rings is 1. The molecule has 0 spiro atoms. The molecule has 0 aromatic carbocycles. The highest BCUT2D eigenvalue weighted by atomic mass is 32.1. The second kappa shape index (κ2) is 5.46. The Morgan fingerprint density at radius 1 is 1.37 bits per heavy atom. The van der Waals surface area contributed by atoms with Crippen LogP contribution in [0.1, 0.15) is 30.6 Å². The molecule has 3 heterocycles. The van der Waals surface area contributed by atoms with E-state index in [1.54, 1.807) is 11.3 Å². The Morgan fingerprint density at radius 3 is 2.89 bits per heavy atom. The van der Waals surface area contributed by atoms with Gasteiger partial charge in [0.15, 0.2) is 5.13 Å². The van der Waals surface area contributed by atoms with Crippen molar-refractivity contribution in [3.63, 3.8) is 0 Å². The predicted molar refractivity (Wildman–Crippen MR) is 74.6 cm³/mol. The van der Waals surface area contributed by atoms with Crippen molar-refractivity contribution >= 4 is 22.4 Å². The maximum absolute atomic E-state index is 11.2. The third kappa shape index (κ3) is 2.74. The van der Waals surface area contributed by atoms with Crippen LogP contribution in [0, 0.1) is 0 Å². The van der Waals surface area contributed by atoms with Crippen LogP contribution in [0.3, 0.4) is 0 Å². The van der Waals surface area contributed by atoms with Crippen molar-refractivity contribution in [3.05, 3.63) is 11.1 Å². The molecule has 104 valence electrons. The van der Waals surface area contributed by atoms with Crippen molar-refractivity contribution in [3.8, 4) is 0 Å². The van der Waals surface area contributed by atoms with E-state index in [0.717, 1.165) is 44.2 Å². The van der Waals surface area contributed by atoms with Crippen molar-refractivity contribution in [1.82, 2.24) is 9.88 Å². The molecule has 0 saturated carbocycles. The first-order valence-electron chi connectivity index (χ1n) is 6.90. The van der Waals surface area contributed by atoms with Gasteiger partial charge in [0.05, 0.1) is 0 Å². The largest absolute Gasteiger partial charge is 0.480 e. The molecule has 6 heteroatoms. The fourth-order valence-electron chi connectivity index (χ4n) is 2.92. The molecular formula is C13H19N3O2S. The molecule has 0 radical (unpaired) electrons. The number of carbonyl (C=O) groups is 1. The lowest BCUT2D eigenvalue weighted by Gasteiger charge is -2.19. The van der Waals surface area contributed by atoms with Gasteiger partial charge in [0, 0.05) is 30.7 Å². The minimum atomic E-state index is -0.693. The summed E-state index contributed by atoms with van der Waals surface area (Å²) in [7, 11) is 0. The van der Waals surface area contributed by atoms with Gasteiger partial charge in [0.1, 0.15) is 6.04 Å². The van der Waals surface area contributed by atoms with Crippen LogP contribution in [0.4, 0.5) is 5.13 Å². The van der Waals surface area contributed by atoms with E-state index >= 15 is 0 Å². The van der Waals surface area contributed by atoms with Gasteiger partial charge < -0.3 is 10.0 Å². The molecule has 2 aliphatic heterocycles. The van der Waals surface area contributed by atoms with Crippen molar-refractivity contribution in [2.24, 2.45) is 0 Å². The second-order valence-corrected chi connectivity index (χ2v) is 6.36. The highest BCUT2D eigenvalue weighted by Gasteiger charge is 2.30. The van der Waals surface area contributed by atoms with Crippen LogP contribution in [-0.4, -0.2) is 46.6 Å². The van der Waals surface area contributed by atoms with E-state index in [-0.39, 0.29) is 6.04 Å². The van der Waals surface area contributed by atoms with E-state index in [9.17, 15) is 9.90 Å². The quantitative estimate of drug-likeness (QED) is 0.912. The molecule has 0 amide bonds. The topological polar surface area (TPSA) is 56.7 Å². The van der Waals surface area contributed by atoms with Crippen molar-refractivity contribution in [1.29, 1.82) is 0 Å². The normalized spacial score (nSPS) is 24.2. The van der Waals surface area contributed by atoms with E-state index in [4.69, 9.17) is 0 Å². The SMILES string of the molecule is O=C(O)[C@@H]1CCCN1Cc1cnc(N2CCCC2)s1. The Hall–Kier alpha value is -1.14. The standard InChI is InChI=1S/C13H19N3O2S/c17-12(18)11-4-3-7-16(11)9-10-8-14-13(19-10)15-5-1-2-6-15/h8,11H,1-7,9H2,(H,17,18)/t11-/m0/s1. The van der Waals surface area contributed by atoms with Gasteiger partial charge in [-0.25, -0.2) is 4.98 Å². The summed E-state index contributed by atoms with van der Waals surface area (Å²) in [6, 6.07) is -0.308. The Balaban J connectivity index is 1.65. The van der Waals surface area contributed by atoms with Crippen LogP contribution in [0.15, 0.2) is 6.20 Å². The molecule has 2 aliphatic rings. The second-order valence-electron chi connectivity index (χ2n) is 5.27. The zero-order valence-electron chi connectivity index (χ0n) is 10.9. The average Bonchev–Trinajstić information content (AvgIpc) is 3.09. The number of likely N-dealkylation sites (tertiary alicyclic amines) is 1. The summed E-state index contributed by atoms with van der Waals surface area (Å²) >= 11 is 1.71. The van der Waals surface area contributed by atoms with Crippen LogP contribution in [0.5, 0.6) is 0 Å². The summed E-state index contributed by atoms with van der Waals surface area (Å²) in [5.41, 5.74) is 0. The number of nitrogens with zero attached hydrogens (tertiary/aromatic N) is 3. The zero-order valence-corrected chi connectivity index (χ0v) is 11.7. The van der Waals surface area contributed by atoms with E-state index in [1.165, 1.54) is 17.7 Å². The van der Waals surface area contributed by atoms with Gasteiger partial charge in [0.25, 0.3) is 0 Å². The number of hydrogen-bond acceptors (Lipinski definition) is 5. The minimum Gasteiger partial charge on any atom is -0.480 e.